The Kier molecular flexibility index (Phi) is 3.72. The lowest BCUT2D eigenvalue weighted by molar-refractivity contribution is -0.118. The first kappa shape index (κ1) is 13.5. The standard InChI is InChI=1S/C17H21NO2/c1-2-20-17(10-3-4-11-17)16(19)14-9-5-7-13-8-6-12-18-15(13)14/h5-9,12,16,19H,2-4,10-11H2,1H3. The zero-order valence-corrected chi connectivity index (χ0v) is 11.9. The summed E-state index contributed by atoms with van der Waals surface area (Å²) in [6, 6.07) is 9.93. The van der Waals surface area contributed by atoms with Gasteiger partial charge in [0.15, 0.2) is 0 Å². The molecule has 0 radical (unpaired) electrons. The molecule has 1 N–H and O–H groups in total. The van der Waals surface area contributed by atoms with Crippen LogP contribution in [0.2, 0.25) is 0 Å². The quantitative estimate of drug-likeness (QED) is 0.923. The van der Waals surface area contributed by atoms with Gasteiger partial charge in [-0.15, -0.1) is 0 Å². The van der Waals surface area contributed by atoms with Gasteiger partial charge in [0.25, 0.3) is 0 Å². The number of fused-ring (bicyclic) bond motifs is 1. The lowest BCUT2D eigenvalue weighted by Gasteiger charge is -2.34. The second-order valence-corrected chi connectivity index (χ2v) is 5.53. The molecule has 1 fully saturated rings. The van der Waals surface area contributed by atoms with E-state index in [1.807, 2.05) is 37.3 Å². The number of para-hydroxylation sites is 1. The molecule has 1 aliphatic carbocycles. The molecule has 1 atom stereocenters. The predicted molar refractivity (Wildman–Crippen MR) is 79.5 cm³/mol. The highest BCUT2D eigenvalue weighted by atomic mass is 16.5. The Morgan fingerprint density at radius 3 is 2.75 bits per heavy atom. The van der Waals surface area contributed by atoms with Gasteiger partial charge in [0.05, 0.1) is 11.1 Å². The fraction of sp³-hybridized carbons (Fsp3) is 0.471. The largest absolute Gasteiger partial charge is 0.385 e. The molecule has 0 amide bonds. The van der Waals surface area contributed by atoms with Gasteiger partial charge < -0.3 is 9.84 Å². The maximum Gasteiger partial charge on any atom is 0.110 e. The summed E-state index contributed by atoms with van der Waals surface area (Å²) >= 11 is 0. The first-order valence-corrected chi connectivity index (χ1v) is 7.42. The van der Waals surface area contributed by atoms with Crippen molar-refractivity contribution in [3.05, 3.63) is 42.1 Å². The maximum absolute atomic E-state index is 10.9. The third-order valence-corrected chi connectivity index (χ3v) is 4.34. The van der Waals surface area contributed by atoms with Crippen LogP contribution in [0.3, 0.4) is 0 Å². The maximum atomic E-state index is 10.9. The molecular formula is C17H21NO2. The molecule has 1 heterocycles. The highest BCUT2D eigenvalue weighted by molar-refractivity contribution is 5.82. The van der Waals surface area contributed by atoms with Crippen molar-refractivity contribution in [1.29, 1.82) is 0 Å². The molecule has 1 saturated carbocycles. The van der Waals surface area contributed by atoms with E-state index in [0.29, 0.717) is 6.61 Å². The monoisotopic (exact) mass is 271 g/mol. The molecular weight excluding hydrogens is 250 g/mol. The minimum Gasteiger partial charge on any atom is -0.385 e. The molecule has 2 aromatic rings. The Balaban J connectivity index is 2.05. The molecule has 1 aromatic carbocycles. The zero-order chi connectivity index (χ0) is 14.0. The van der Waals surface area contributed by atoms with Gasteiger partial charge in [0.2, 0.25) is 0 Å². The molecule has 3 rings (SSSR count). The van der Waals surface area contributed by atoms with Crippen molar-refractivity contribution in [2.75, 3.05) is 6.61 Å². The van der Waals surface area contributed by atoms with Crippen molar-refractivity contribution in [3.63, 3.8) is 0 Å². The van der Waals surface area contributed by atoms with E-state index in [4.69, 9.17) is 4.74 Å². The average Bonchev–Trinajstić information content (AvgIpc) is 2.96. The van der Waals surface area contributed by atoms with Crippen molar-refractivity contribution >= 4 is 10.9 Å². The topological polar surface area (TPSA) is 42.4 Å². The normalized spacial score (nSPS) is 19.3. The van der Waals surface area contributed by atoms with E-state index in [2.05, 4.69) is 4.98 Å². The van der Waals surface area contributed by atoms with E-state index in [-0.39, 0.29) is 0 Å². The smallest absolute Gasteiger partial charge is 0.110 e. The van der Waals surface area contributed by atoms with Crippen LogP contribution in [0.1, 0.15) is 44.3 Å². The van der Waals surface area contributed by atoms with Crippen LogP contribution < -0.4 is 0 Å². The molecule has 106 valence electrons. The Bertz CT molecular complexity index is 585. The van der Waals surface area contributed by atoms with Crippen LogP contribution in [-0.2, 0) is 4.74 Å². The fourth-order valence-corrected chi connectivity index (χ4v) is 3.39. The van der Waals surface area contributed by atoms with Crippen molar-refractivity contribution in [2.45, 2.75) is 44.3 Å². The van der Waals surface area contributed by atoms with Crippen molar-refractivity contribution in [2.24, 2.45) is 0 Å². The van der Waals surface area contributed by atoms with Gasteiger partial charge in [0.1, 0.15) is 6.10 Å². The number of ether oxygens (including phenoxy) is 1. The summed E-state index contributed by atoms with van der Waals surface area (Å²) in [4.78, 5) is 4.45. The van der Waals surface area contributed by atoms with Gasteiger partial charge in [-0.05, 0) is 25.8 Å². The van der Waals surface area contributed by atoms with Crippen molar-refractivity contribution < 1.29 is 9.84 Å². The van der Waals surface area contributed by atoms with Crippen LogP contribution in [-0.4, -0.2) is 22.3 Å². The number of nitrogens with zero attached hydrogens (tertiary/aromatic N) is 1. The number of hydrogen-bond acceptors (Lipinski definition) is 3. The van der Waals surface area contributed by atoms with E-state index in [1.54, 1.807) is 6.20 Å². The van der Waals surface area contributed by atoms with E-state index in [9.17, 15) is 5.11 Å². The van der Waals surface area contributed by atoms with E-state index < -0.39 is 11.7 Å². The van der Waals surface area contributed by atoms with Crippen LogP contribution in [0.15, 0.2) is 36.5 Å². The first-order valence-electron chi connectivity index (χ1n) is 7.42. The molecule has 0 bridgehead atoms. The number of hydrogen-bond donors (Lipinski definition) is 1. The lowest BCUT2D eigenvalue weighted by atomic mass is 9.88. The summed E-state index contributed by atoms with van der Waals surface area (Å²) in [7, 11) is 0. The van der Waals surface area contributed by atoms with Gasteiger partial charge in [-0.25, -0.2) is 0 Å². The van der Waals surface area contributed by atoms with Crippen LogP contribution in [0.5, 0.6) is 0 Å². The lowest BCUT2D eigenvalue weighted by Crippen LogP contribution is -2.36. The summed E-state index contributed by atoms with van der Waals surface area (Å²) in [6.07, 6.45) is 5.25. The van der Waals surface area contributed by atoms with Crippen LogP contribution in [0.4, 0.5) is 0 Å². The predicted octanol–water partition coefficient (Wildman–Crippen LogP) is 3.62. The molecule has 0 saturated heterocycles. The van der Waals surface area contributed by atoms with E-state index in [0.717, 1.165) is 42.1 Å². The van der Waals surface area contributed by atoms with Crippen LogP contribution >= 0.6 is 0 Å². The van der Waals surface area contributed by atoms with Crippen LogP contribution in [0, 0.1) is 0 Å². The summed E-state index contributed by atoms with van der Waals surface area (Å²) in [5.74, 6) is 0. The molecule has 0 spiro atoms. The van der Waals surface area contributed by atoms with Crippen molar-refractivity contribution in [3.8, 4) is 0 Å². The number of rotatable bonds is 4. The number of benzene rings is 1. The highest BCUT2D eigenvalue weighted by Crippen LogP contribution is 2.44. The summed E-state index contributed by atoms with van der Waals surface area (Å²) in [6.45, 7) is 2.63. The molecule has 20 heavy (non-hydrogen) atoms. The Labute approximate surface area is 119 Å². The molecule has 3 nitrogen and oxygen atoms in total. The van der Waals surface area contributed by atoms with Gasteiger partial charge in [0, 0.05) is 23.8 Å². The molecule has 1 unspecified atom stereocenters. The summed E-state index contributed by atoms with van der Waals surface area (Å²) < 4.78 is 5.98. The van der Waals surface area contributed by atoms with Crippen molar-refractivity contribution in [1.82, 2.24) is 4.98 Å². The average molecular weight is 271 g/mol. The SMILES string of the molecule is CCOC1(C(O)c2cccc3cccnc23)CCCC1. The van der Waals surface area contributed by atoms with Gasteiger partial charge in [-0.1, -0.05) is 37.1 Å². The Morgan fingerprint density at radius 1 is 1.25 bits per heavy atom. The number of aliphatic hydroxyl groups is 1. The fourth-order valence-electron chi connectivity index (χ4n) is 3.39. The number of aliphatic hydroxyl groups excluding tert-OH is 1. The first-order chi connectivity index (χ1) is 9.77. The molecule has 1 aromatic heterocycles. The van der Waals surface area contributed by atoms with E-state index in [1.165, 1.54) is 0 Å². The van der Waals surface area contributed by atoms with E-state index >= 15 is 0 Å². The third-order valence-electron chi connectivity index (χ3n) is 4.34. The van der Waals surface area contributed by atoms with Gasteiger partial charge in [-0.2, -0.15) is 0 Å². The minimum atomic E-state index is -0.608. The second kappa shape index (κ2) is 5.51. The number of aromatic nitrogens is 1. The Hall–Kier alpha value is -1.45. The number of pyridine rings is 1. The minimum absolute atomic E-state index is 0.430. The summed E-state index contributed by atoms with van der Waals surface area (Å²) in [5, 5.41) is 12.0. The highest BCUT2D eigenvalue weighted by Gasteiger charge is 2.42. The third kappa shape index (κ3) is 2.21. The van der Waals surface area contributed by atoms with Crippen LogP contribution in [0.25, 0.3) is 10.9 Å². The molecule has 0 aliphatic heterocycles. The molecule has 3 heteroatoms. The Morgan fingerprint density at radius 2 is 2.00 bits per heavy atom. The zero-order valence-electron chi connectivity index (χ0n) is 11.9. The van der Waals surface area contributed by atoms with Gasteiger partial charge in [-0.3, -0.25) is 4.98 Å². The molecule has 1 aliphatic rings. The summed E-state index contributed by atoms with van der Waals surface area (Å²) in [5.41, 5.74) is 1.34. The second-order valence-electron chi connectivity index (χ2n) is 5.53. The van der Waals surface area contributed by atoms with Gasteiger partial charge >= 0.3 is 0 Å².